The van der Waals surface area contributed by atoms with Gasteiger partial charge >= 0.3 is 0 Å². The molecule has 5 atom stereocenters. The lowest BCUT2D eigenvalue weighted by molar-refractivity contribution is -0.0794. The average molecular weight is 201 g/mol. The van der Waals surface area contributed by atoms with E-state index in [1.165, 1.54) is 0 Å². The summed E-state index contributed by atoms with van der Waals surface area (Å²) in [5.41, 5.74) is 0. The van der Waals surface area contributed by atoms with Gasteiger partial charge in [-0.2, -0.15) is 0 Å². The predicted molar refractivity (Wildman–Crippen MR) is 50.2 cm³/mol. The molecule has 3 fully saturated rings. The lowest BCUT2D eigenvalue weighted by atomic mass is 9.77. The van der Waals surface area contributed by atoms with Crippen molar-refractivity contribution in [1.29, 1.82) is 0 Å². The molecule has 0 aromatic heterocycles. The zero-order valence-electron chi connectivity index (χ0n) is 8.71. The summed E-state index contributed by atoms with van der Waals surface area (Å²) in [6.07, 6.45) is 0.956. The van der Waals surface area contributed by atoms with Crippen LogP contribution in [0.3, 0.4) is 0 Å². The normalized spacial score (nSPS) is 55.3. The van der Waals surface area contributed by atoms with E-state index in [-0.39, 0.29) is 18.3 Å². The first-order chi connectivity index (χ1) is 6.50. The maximum Gasteiger partial charge on any atom is 0.251 e. The molecule has 0 aromatic carbocycles. The van der Waals surface area contributed by atoms with Crippen LogP contribution in [0.4, 0.5) is 8.78 Å². The Morgan fingerprint density at radius 2 is 2.07 bits per heavy atom. The Kier molecular flexibility index (Phi) is 1.61. The molecule has 2 aliphatic carbocycles. The molecule has 2 saturated carbocycles. The number of nitrogens with zero attached hydrogens (tertiary/aromatic N) is 1. The smallest absolute Gasteiger partial charge is 0.251 e. The lowest BCUT2D eigenvalue weighted by Gasteiger charge is -2.32. The van der Waals surface area contributed by atoms with Crippen LogP contribution in [0.15, 0.2) is 0 Å². The molecule has 2 bridgehead atoms. The fourth-order valence-corrected chi connectivity index (χ4v) is 4.28. The summed E-state index contributed by atoms with van der Waals surface area (Å²) >= 11 is 0. The van der Waals surface area contributed by atoms with Gasteiger partial charge in [-0.25, -0.2) is 8.78 Å². The Morgan fingerprint density at radius 3 is 2.79 bits per heavy atom. The second-order valence-corrected chi connectivity index (χ2v) is 5.49. The summed E-state index contributed by atoms with van der Waals surface area (Å²) in [5.74, 6) is -1.50. The van der Waals surface area contributed by atoms with E-state index in [1.54, 1.807) is 0 Å². The van der Waals surface area contributed by atoms with Crippen molar-refractivity contribution in [3.05, 3.63) is 0 Å². The van der Waals surface area contributed by atoms with Gasteiger partial charge in [-0.15, -0.1) is 0 Å². The van der Waals surface area contributed by atoms with Crippen molar-refractivity contribution in [3.63, 3.8) is 0 Å². The molecule has 1 aliphatic heterocycles. The molecular formula is C11H17F2N. The van der Waals surface area contributed by atoms with Gasteiger partial charge in [-0.3, -0.25) is 0 Å². The van der Waals surface area contributed by atoms with Gasteiger partial charge in [0.1, 0.15) is 0 Å². The van der Waals surface area contributed by atoms with Crippen molar-refractivity contribution in [2.45, 2.75) is 31.7 Å². The van der Waals surface area contributed by atoms with Crippen molar-refractivity contribution < 1.29 is 8.78 Å². The van der Waals surface area contributed by atoms with Crippen LogP contribution in [0.25, 0.3) is 0 Å². The Labute approximate surface area is 83.5 Å². The van der Waals surface area contributed by atoms with Crippen LogP contribution in [0, 0.1) is 23.7 Å². The molecule has 80 valence electrons. The highest BCUT2D eigenvalue weighted by molar-refractivity contribution is 5.10. The van der Waals surface area contributed by atoms with Crippen LogP contribution >= 0.6 is 0 Å². The molecule has 3 rings (SSSR count). The van der Waals surface area contributed by atoms with Gasteiger partial charge in [0.2, 0.25) is 0 Å². The molecule has 5 unspecified atom stereocenters. The molecule has 3 heteroatoms. The summed E-state index contributed by atoms with van der Waals surface area (Å²) in [7, 11) is 2.07. The largest absolute Gasteiger partial charge is 0.303 e. The van der Waals surface area contributed by atoms with Gasteiger partial charge in [0.05, 0.1) is 0 Å². The number of hydrogen-bond acceptors (Lipinski definition) is 1. The van der Waals surface area contributed by atoms with E-state index >= 15 is 0 Å². The second-order valence-electron chi connectivity index (χ2n) is 5.49. The first-order valence-electron chi connectivity index (χ1n) is 5.59. The average Bonchev–Trinajstić information content (AvgIpc) is 2.63. The molecule has 1 heterocycles. The highest BCUT2D eigenvalue weighted by atomic mass is 19.3. The maximum absolute atomic E-state index is 13.5. The molecular weight excluding hydrogens is 184 g/mol. The third kappa shape index (κ3) is 0.918. The van der Waals surface area contributed by atoms with Crippen LogP contribution in [0.2, 0.25) is 0 Å². The second kappa shape index (κ2) is 2.49. The Morgan fingerprint density at radius 1 is 1.36 bits per heavy atom. The number of fused-ring (bicyclic) bond motifs is 5. The van der Waals surface area contributed by atoms with E-state index in [2.05, 4.69) is 18.9 Å². The Balaban J connectivity index is 1.91. The number of halogens is 2. The van der Waals surface area contributed by atoms with Crippen molar-refractivity contribution >= 4 is 0 Å². The quantitative estimate of drug-likeness (QED) is 0.581. The van der Waals surface area contributed by atoms with Crippen LogP contribution < -0.4 is 0 Å². The first-order valence-corrected chi connectivity index (χ1v) is 5.59. The Hall–Kier alpha value is -0.180. The highest BCUT2D eigenvalue weighted by Crippen LogP contribution is 2.62. The molecule has 0 N–H and O–H groups in total. The SMILES string of the molecule is CC1C2C3CC(C2CN1C)C(F)(F)C3. The number of rotatable bonds is 0. The molecule has 1 nitrogen and oxygen atoms in total. The van der Waals surface area contributed by atoms with E-state index in [9.17, 15) is 8.78 Å². The zero-order chi connectivity index (χ0) is 10.1. The summed E-state index contributed by atoms with van der Waals surface area (Å²) in [6, 6.07) is 0.520. The van der Waals surface area contributed by atoms with Crippen LogP contribution in [-0.4, -0.2) is 30.5 Å². The van der Waals surface area contributed by atoms with Gasteiger partial charge in [0.15, 0.2) is 0 Å². The van der Waals surface area contributed by atoms with E-state index in [4.69, 9.17) is 0 Å². The van der Waals surface area contributed by atoms with Crippen LogP contribution in [0.5, 0.6) is 0 Å². The molecule has 14 heavy (non-hydrogen) atoms. The summed E-state index contributed by atoms with van der Waals surface area (Å²) in [5, 5.41) is 0. The zero-order valence-corrected chi connectivity index (χ0v) is 8.71. The monoisotopic (exact) mass is 201 g/mol. The van der Waals surface area contributed by atoms with Crippen LogP contribution in [0.1, 0.15) is 19.8 Å². The third-order valence-electron chi connectivity index (χ3n) is 4.94. The van der Waals surface area contributed by atoms with Crippen molar-refractivity contribution in [2.75, 3.05) is 13.6 Å². The minimum atomic E-state index is -2.35. The highest BCUT2D eigenvalue weighted by Gasteiger charge is 2.64. The summed E-state index contributed by atoms with van der Waals surface area (Å²) in [6.45, 7) is 3.09. The third-order valence-corrected chi connectivity index (χ3v) is 4.94. The lowest BCUT2D eigenvalue weighted by Crippen LogP contribution is -2.36. The van der Waals surface area contributed by atoms with Gasteiger partial charge in [0.25, 0.3) is 5.92 Å². The van der Waals surface area contributed by atoms with E-state index < -0.39 is 5.92 Å². The predicted octanol–water partition coefficient (Wildman–Crippen LogP) is 2.23. The van der Waals surface area contributed by atoms with Gasteiger partial charge in [-0.05, 0) is 38.1 Å². The van der Waals surface area contributed by atoms with Gasteiger partial charge < -0.3 is 4.90 Å². The van der Waals surface area contributed by atoms with Crippen molar-refractivity contribution in [1.82, 2.24) is 4.90 Å². The molecule has 0 amide bonds. The summed E-state index contributed by atoms with van der Waals surface area (Å²) in [4.78, 5) is 2.26. The maximum atomic E-state index is 13.5. The minimum Gasteiger partial charge on any atom is -0.303 e. The first kappa shape index (κ1) is 9.08. The minimum absolute atomic E-state index is 0.164. The molecule has 1 saturated heterocycles. The topological polar surface area (TPSA) is 3.24 Å². The molecule has 0 radical (unpaired) electrons. The fraction of sp³-hybridized carbons (Fsp3) is 1.00. The standard InChI is InChI=1S/C11H17F2N/c1-6-10-7-3-9(11(12,13)4-7)8(10)5-14(6)2/h6-10H,3-5H2,1-2H3. The molecule has 0 aromatic rings. The number of alkyl halides is 2. The number of hydrogen-bond donors (Lipinski definition) is 0. The molecule has 3 aliphatic rings. The van der Waals surface area contributed by atoms with E-state index in [1.807, 2.05) is 0 Å². The van der Waals surface area contributed by atoms with Crippen molar-refractivity contribution in [2.24, 2.45) is 23.7 Å². The van der Waals surface area contributed by atoms with Gasteiger partial charge in [-0.1, -0.05) is 0 Å². The van der Waals surface area contributed by atoms with E-state index in [0.717, 1.165) is 13.0 Å². The Bertz CT molecular complexity index is 264. The fourth-order valence-electron chi connectivity index (χ4n) is 4.28. The van der Waals surface area contributed by atoms with Crippen LogP contribution in [-0.2, 0) is 0 Å². The number of likely N-dealkylation sites (tertiary alicyclic amines) is 1. The summed E-state index contributed by atoms with van der Waals surface area (Å²) < 4.78 is 27.0. The van der Waals surface area contributed by atoms with Crippen molar-refractivity contribution in [3.8, 4) is 0 Å². The van der Waals surface area contributed by atoms with E-state index in [0.29, 0.717) is 17.9 Å². The van der Waals surface area contributed by atoms with Gasteiger partial charge in [0, 0.05) is 24.9 Å². The molecule has 0 spiro atoms.